The summed E-state index contributed by atoms with van der Waals surface area (Å²) in [6.07, 6.45) is 1.02. The van der Waals surface area contributed by atoms with Crippen LogP contribution in [0.4, 0.5) is 9.18 Å². The molecule has 0 radical (unpaired) electrons. The highest BCUT2D eigenvalue weighted by Gasteiger charge is 2.25. The molecule has 12 heavy (non-hydrogen) atoms. The van der Waals surface area contributed by atoms with E-state index in [1.165, 1.54) is 4.90 Å². The Morgan fingerprint density at radius 3 is 2.67 bits per heavy atom. The second-order valence-corrected chi connectivity index (χ2v) is 2.85. The predicted octanol–water partition coefficient (Wildman–Crippen LogP) is 1.74. The van der Waals surface area contributed by atoms with Crippen LogP contribution in [0, 0.1) is 0 Å². The smallest absolute Gasteiger partial charge is 0.311 e. The number of hydrogen-bond acceptors (Lipinski definition) is 1. The molecule has 0 saturated carbocycles. The Hall–Kier alpha value is -1.32. The van der Waals surface area contributed by atoms with E-state index in [-0.39, 0.29) is 17.8 Å². The molecular formula is C8H11FN2O. The average Bonchev–Trinajstić information content (AvgIpc) is 1.97. The molecule has 1 aliphatic heterocycles. The average molecular weight is 170 g/mol. The molecule has 0 aliphatic carbocycles. The molecule has 0 bridgehead atoms. The molecule has 2 amide bonds. The van der Waals surface area contributed by atoms with Crippen LogP contribution >= 0.6 is 0 Å². The zero-order valence-corrected chi connectivity index (χ0v) is 7.10. The van der Waals surface area contributed by atoms with Crippen molar-refractivity contribution < 1.29 is 9.18 Å². The van der Waals surface area contributed by atoms with E-state index in [1.807, 2.05) is 0 Å². The number of rotatable bonds is 1. The van der Waals surface area contributed by atoms with Crippen LogP contribution in [0.5, 0.6) is 0 Å². The first-order chi connectivity index (χ1) is 5.54. The number of nitrogens with zero attached hydrogens (tertiary/aromatic N) is 1. The fraction of sp³-hybridized carbons (Fsp3) is 0.375. The van der Waals surface area contributed by atoms with Crippen LogP contribution < -0.4 is 5.32 Å². The minimum Gasteiger partial charge on any atom is -0.311 e. The molecule has 0 saturated heterocycles. The van der Waals surface area contributed by atoms with E-state index in [0.717, 1.165) is 6.20 Å². The first-order valence-electron chi connectivity index (χ1n) is 3.68. The lowest BCUT2D eigenvalue weighted by Gasteiger charge is -2.30. The van der Waals surface area contributed by atoms with Crippen LogP contribution in [-0.4, -0.2) is 17.0 Å². The minimum atomic E-state index is -0.497. The molecule has 0 fully saturated rings. The Kier molecular flexibility index (Phi) is 2.17. The highest BCUT2D eigenvalue weighted by molar-refractivity contribution is 5.80. The molecule has 0 aromatic rings. The number of amides is 2. The number of halogens is 1. The van der Waals surface area contributed by atoms with Gasteiger partial charge in [0, 0.05) is 12.2 Å². The summed E-state index contributed by atoms with van der Waals surface area (Å²) in [5.41, 5.74) is 0.119. The van der Waals surface area contributed by atoms with Crippen molar-refractivity contribution in [2.75, 3.05) is 0 Å². The van der Waals surface area contributed by atoms with Gasteiger partial charge in [0.15, 0.2) is 5.83 Å². The fourth-order valence-corrected chi connectivity index (χ4v) is 1.06. The molecule has 3 nitrogen and oxygen atoms in total. The first-order valence-corrected chi connectivity index (χ1v) is 3.68. The number of nitrogens with one attached hydrogen (secondary N) is 1. The summed E-state index contributed by atoms with van der Waals surface area (Å²) in [7, 11) is 0. The normalized spacial score (nSPS) is 18.0. The van der Waals surface area contributed by atoms with Crippen LogP contribution in [0.15, 0.2) is 24.3 Å². The summed E-state index contributed by atoms with van der Waals surface area (Å²) in [5, 5.41) is 2.28. The third kappa shape index (κ3) is 1.32. The van der Waals surface area contributed by atoms with Gasteiger partial charge in [-0.2, -0.15) is 0 Å². The molecule has 0 spiro atoms. The summed E-state index contributed by atoms with van der Waals surface area (Å²) < 4.78 is 12.9. The monoisotopic (exact) mass is 170 g/mol. The lowest BCUT2D eigenvalue weighted by molar-refractivity contribution is 0.199. The molecule has 1 aliphatic rings. The second-order valence-electron chi connectivity index (χ2n) is 2.85. The molecule has 66 valence electrons. The molecule has 0 atom stereocenters. The van der Waals surface area contributed by atoms with Crippen LogP contribution in [0.2, 0.25) is 0 Å². The third-order valence-electron chi connectivity index (χ3n) is 1.62. The van der Waals surface area contributed by atoms with E-state index in [9.17, 15) is 9.18 Å². The lowest BCUT2D eigenvalue weighted by atomic mass is 10.2. The van der Waals surface area contributed by atoms with Crippen molar-refractivity contribution in [3.05, 3.63) is 24.3 Å². The van der Waals surface area contributed by atoms with E-state index in [2.05, 4.69) is 11.9 Å². The van der Waals surface area contributed by atoms with E-state index in [1.54, 1.807) is 13.8 Å². The van der Waals surface area contributed by atoms with Gasteiger partial charge in [-0.15, -0.1) is 0 Å². The molecular weight excluding hydrogens is 159 g/mol. The van der Waals surface area contributed by atoms with Gasteiger partial charge in [-0.25, -0.2) is 9.18 Å². The van der Waals surface area contributed by atoms with E-state index in [4.69, 9.17) is 0 Å². The molecule has 1 heterocycles. The Morgan fingerprint density at radius 2 is 2.25 bits per heavy atom. The van der Waals surface area contributed by atoms with Crippen molar-refractivity contribution in [1.29, 1.82) is 0 Å². The minimum absolute atomic E-state index is 0.0862. The Balaban J connectivity index is 2.93. The standard InChI is InChI=1S/C8H11FN2O/c1-5(2)11-6(3)7(9)4-10-8(11)12/h4-5H,3H2,1-2H3,(H,10,12). The Morgan fingerprint density at radius 1 is 1.67 bits per heavy atom. The highest BCUT2D eigenvalue weighted by atomic mass is 19.1. The number of carbonyl (C=O) groups is 1. The van der Waals surface area contributed by atoms with E-state index < -0.39 is 5.83 Å². The number of hydrogen-bond donors (Lipinski definition) is 1. The van der Waals surface area contributed by atoms with Crippen molar-refractivity contribution in [1.82, 2.24) is 10.2 Å². The molecule has 1 N–H and O–H groups in total. The van der Waals surface area contributed by atoms with E-state index >= 15 is 0 Å². The maximum Gasteiger partial charge on any atom is 0.326 e. The SMILES string of the molecule is C=C1C(F)=CNC(=O)N1C(C)C. The number of allylic oxidation sites excluding steroid dienone is 1. The van der Waals surface area contributed by atoms with Crippen LogP contribution in [-0.2, 0) is 0 Å². The lowest BCUT2D eigenvalue weighted by Crippen LogP contribution is -2.44. The molecule has 1 rings (SSSR count). The van der Waals surface area contributed by atoms with Crippen molar-refractivity contribution in [3.63, 3.8) is 0 Å². The van der Waals surface area contributed by atoms with Crippen LogP contribution in [0.25, 0.3) is 0 Å². The predicted molar refractivity (Wildman–Crippen MR) is 43.8 cm³/mol. The molecule has 4 heteroatoms. The zero-order valence-electron chi connectivity index (χ0n) is 7.10. The second kappa shape index (κ2) is 2.97. The Bertz CT molecular complexity index is 258. The topological polar surface area (TPSA) is 32.3 Å². The summed E-state index contributed by atoms with van der Waals surface area (Å²) >= 11 is 0. The van der Waals surface area contributed by atoms with Gasteiger partial charge in [0.2, 0.25) is 0 Å². The maximum absolute atomic E-state index is 12.9. The molecule has 0 unspecified atom stereocenters. The van der Waals surface area contributed by atoms with Gasteiger partial charge < -0.3 is 5.32 Å². The van der Waals surface area contributed by atoms with Crippen molar-refractivity contribution in [2.45, 2.75) is 19.9 Å². The van der Waals surface area contributed by atoms with Crippen molar-refractivity contribution in [2.24, 2.45) is 0 Å². The summed E-state index contributed by atoms with van der Waals surface area (Å²) in [6, 6.07) is -0.423. The first kappa shape index (κ1) is 8.77. The maximum atomic E-state index is 12.9. The largest absolute Gasteiger partial charge is 0.326 e. The van der Waals surface area contributed by atoms with Gasteiger partial charge in [0.1, 0.15) is 0 Å². The molecule has 0 aromatic heterocycles. The van der Waals surface area contributed by atoms with Gasteiger partial charge in [0.05, 0.1) is 5.70 Å². The van der Waals surface area contributed by atoms with Gasteiger partial charge in [-0.3, -0.25) is 4.90 Å². The van der Waals surface area contributed by atoms with Gasteiger partial charge in [-0.1, -0.05) is 6.58 Å². The summed E-state index contributed by atoms with van der Waals surface area (Å²) in [6.45, 7) is 7.06. The van der Waals surface area contributed by atoms with Gasteiger partial charge in [0.25, 0.3) is 0 Å². The van der Waals surface area contributed by atoms with Crippen molar-refractivity contribution in [3.8, 4) is 0 Å². The van der Waals surface area contributed by atoms with Crippen molar-refractivity contribution >= 4 is 6.03 Å². The zero-order chi connectivity index (χ0) is 9.30. The molecule has 0 aromatic carbocycles. The van der Waals surface area contributed by atoms with Gasteiger partial charge in [-0.05, 0) is 13.8 Å². The highest BCUT2D eigenvalue weighted by Crippen LogP contribution is 2.20. The van der Waals surface area contributed by atoms with Crippen LogP contribution in [0.3, 0.4) is 0 Å². The third-order valence-corrected chi connectivity index (χ3v) is 1.62. The number of urea groups is 1. The van der Waals surface area contributed by atoms with Crippen LogP contribution in [0.1, 0.15) is 13.8 Å². The Labute approximate surface area is 70.5 Å². The summed E-state index contributed by atoms with van der Waals surface area (Å²) in [5.74, 6) is -0.497. The van der Waals surface area contributed by atoms with Gasteiger partial charge >= 0.3 is 6.03 Å². The summed E-state index contributed by atoms with van der Waals surface area (Å²) in [4.78, 5) is 12.4. The number of carbonyl (C=O) groups excluding carboxylic acids is 1. The fourth-order valence-electron chi connectivity index (χ4n) is 1.06. The quantitative estimate of drug-likeness (QED) is 0.638. The van der Waals surface area contributed by atoms with E-state index in [0.29, 0.717) is 0 Å².